The molecule has 2 N–H and O–H groups in total. The second-order valence-corrected chi connectivity index (χ2v) is 5.97. The molecule has 1 heterocycles. The smallest absolute Gasteiger partial charge is 0.0715 e. The zero-order valence-corrected chi connectivity index (χ0v) is 13.3. The van der Waals surface area contributed by atoms with Crippen molar-refractivity contribution >= 4 is 27.5 Å². The van der Waals surface area contributed by atoms with Crippen LogP contribution in [-0.4, -0.2) is 4.98 Å². The van der Waals surface area contributed by atoms with Gasteiger partial charge in [-0.05, 0) is 48.7 Å². The van der Waals surface area contributed by atoms with Crippen molar-refractivity contribution in [2.45, 2.75) is 13.8 Å². The largest absolute Gasteiger partial charge is 0.399 e. The van der Waals surface area contributed by atoms with Gasteiger partial charge in [-0.25, -0.2) is 4.98 Å². The van der Waals surface area contributed by atoms with Crippen LogP contribution < -0.4 is 5.73 Å². The van der Waals surface area contributed by atoms with Crippen molar-refractivity contribution in [3.05, 3.63) is 71.8 Å². The number of nitrogens with two attached hydrogens (primary N) is 1. The number of rotatable bonds is 1. The van der Waals surface area contributed by atoms with Gasteiger partial charge in [0.25, 0.3) is 0 Å². The highest BCUT2D eigenvalue weighted by Gasteiger charge is 2.14. The summed E-state index contributed by atoms with van der Waals surface area (Å²) in [5.74, 6) is 0. The topological polar surface area (TPSA) is 38.9 Å². The van der Waals surface area contributed by atoms with Crippen LogP contribution in [0.2, 0.25) is 0 Å². The first-order valence-electron chi connectivity index (χ1n) is 7.80. The second-order valence-electron chi connectivity index (χ2n) is 5.97. The minimum Gasteiger partial charge on any atom is -0.399 e. The fourth-order valence-electron chi connectivity index (χ4n) is 3.24. The molecule has 4 aromatic rings. The van der Waals surface area contributed by atoms with E-state index in [9.17, 15) is 0 Å². The summed E-state index contributed by atoms with van der Waals surface area (Å²) in [6.45, 7) is 4.23. The molecule has 112 valence electrons. The van der Waals surface area contributed by atoms with Gasteiger partial charge in [-0.15, -0.1) is 0 Å². The third kappa shape index (κ3) is 2.07. The fourth-order valence-corrected chi connectivity index (χ4v) is 3.24. The summed E-state index contributed by atoms with van der Waals surface area (Å²) in [6.07, 6.45) is 0. The number of hydrogen-bond donors (Lipinski definition) is 1. The summed E-state index contributed by atoms with van der Waals surface area (Å²) in [7, 11) is 0. The molecule has 0 spiro atoms. The molecule has 2 nitrogen and oxygen atoms in total. The lowest BCUT2D eigenvalue weighted by molar-refractivity contribution is 1.35. The first-order chi connectivity index (χ1) is 11.2. The Bertz CT molecular complexity index is 994. The van der Waals surface area contributed by atoms with E-state index >= 15 is 0 Å². The van der Waals surface area contributed by atoms with Gasteiger partial charge in [-0.3, -0.25) is 0 Å². The van der Waals surface area contributed by atoms with E-state index < -0.39 is 0 Å². The van der Waals surface area contributed by atoms with Crippen molar-refractivity contribution in [3.63, 3.8) is 0 Å². The van der Waals surface area contributed by atoms with Gasteiger partial charge in [-0.1, -0.05) is 42.5 Å². The van der Waals surface area contributed by atoms with Crippen LogP contribution in [0.15, 0.2) is 60.7 Å². The Morgan fingerprint density at radius 1 is 0.696 bits per heavy atom. The van der Waals surface area contributed by atoms with E-state index in [1.54, 1.807) is 0 Å². The Kier molecular flexibility index (Phi) is 3.05. The van der Waals surface area contributed by atoms with E-state index in [4.69, 9.17) is 10.7 Å². The van der Waals surface area contributed by atoms with Gasteiger partial charge in [0, 0.05) is 22.0 Å². The first kappa shape index (κ1) is 13.8. The van der Waals surface area contributed by atoms with Gasteiger partial charge in [0.15, 0.2) is 0 Å². The van der Waals surface area contributed by atoms with Gasteiger partial charge in [0.05, 0.1) is 11.0 Å². The molecule has 0 saturated heterocycles. The Balaban J connectivity index is 2.22. The molecule has 0 aliphatic heterocycles. The normalized spacial score (nSPS) is 11.2. The van der Waals surface area contributed by atoms with Crippen LogP contribution in [0, 0.1) is 13.8 Å². The standard InChI is InChI=1S/C21H18N2/c1-13-14(2)18(22)12-11-15(13)21-16-7-3-5-9-19(16)23-20-10-6-4-8-17(20)21/h3-12H,22H2,1-2H3. The summed E-state index contributed by atoms with van der Waals surface area (Å²) in [4.78, 5) is 4.81. The maximum atomic E-state index is 6.08. The summed E-state index contributed by atoms with van der Waals surface area (Å²) in [6, 6.07) is 20.8. The summed E-state index contributed by atoms with van der Waals surface area (Å²) < 4.78 is 0. The van der Waals surface area contributed by atoms with Crippen LogP contribution in [0.25, 0.3) is 32.9 Å². The molecule has 0 aliphatic carbocycles. The van der Waals surface area contributed by atoms with E-state index in [0.717, 1.165) is 22.3 Å². The molecule has 0 amide bonds. The van der Waals surface area contributed by atoms with Crippen molar-refractivity contribution in [1.29, 1.82) is 0 Å². The Hall–Kier alpha value is -2.87. The minimum absolute atomic E-state index is 0.842. The number of pyridine rings is 1. The number of anilines is 1. The Morgan fingerprint density at radius 3 is 1.87 bits per heavy atom. The molecule has 0 bridgehead atoms. The third-order valence-corrected chi connectivity index (χ3v) is 4.69. The maximum absolute atomic E-state index is 6.08. The van der Waals surface area contributed by atoms with Crippen LogP contribution in [0.3, 0.4) is 0 Å². The van der Waals surface area contributed by atoms with E-state index in [2.05, 4.69) is 56.3 Å². The number of nitrogens with zero attached hydrogens (tertiary/aromatic N) is 1. The van der Waals surface area contributed by atoms with Gasteiger partial charge < -0.3 is 5.73 Å². The van der Waals surface area contributed by atoms with Crippen molar-refractivity contribution in [3.8, 4) is 11.1 Å². The maximum Gasteiger partial charge on any atom is 0.0715 e. The number of fused-ring (bicyclic) bond motifs is 2. The average Bonchev–Trinajstić information content (AvgIpc) is 2.58. The van der Waals surface area contributed by atoms with Crippen molar-refractivity contribution in [2.75, 3.05) is 5.73 Å². The third-order valence-electron chi connectivity index (χ3n) is 4.69. The van der Waals surface area contributed by atoms with E-state index in [0.29, 0.717) is 0 Å². The highest BCUT2D eigenvalue weighted by molar-refractivity contribution is 6.10. The van der Waals surface area contributed by atoms with Crippen LogP contribution in [0.5, 0.6) is 0 Å². The lowest BCUT2D eigenvalue weighted by atomic mass is 9.91. The van der Waals surface area contributed by atoms with Crippen molar-refractivity contribution < 1.29 is 0 Å². The number of benzene rings is 3. The van der Waals surface area contributed by atoms with Crippen LogP contribution in [-0.2, 0) is 0 Å². The molecule has 3 aromatic carbocycles. The average molecular weight is 298 g/mol. The molecule has 0 radical (unpaired) electrons. The first-order valence-corrected chi connectivity index (χ1v) is 7.80. The fraction of sp³-hybridized carbons (Fsp3) is 0.0952. The van der Waals surface area contributed by atoms with Gasteiger partial charge in [0.1, 0.15) is 0 Å². The second kappa shape index (κ2) is 5.10. The molecule has 4 rings (SSSR count). The van der Waals surface area contributed by atoms with E-state index in [1.807, 2.05) is 18.2 Å². The SMILES string of the molecule is Cc1c(N)ccc(-c2c3ccccc3nc3ccccc23)c1C. The zero-order valence-electron chi connectivity index (χ0n) is 13.3. The number of nitrogen functional groups attached to an aromatic ring is 1. The van der Waals surface area contributed by atoms with E-state index in [1.165, 1.54) is 27.5 Å². The minimum atomic E-state index is 0.842. The van der Waals surface area contributed by atoms with Gasteiger partial charge >= 0.3 is 0 Å². The highest BCUT2D eigenvalue weighted by Crippen LogP contribution is 2.38. The van der Waals surface area contributed by atoms with Crippen molar-refractivity contribution in [1.82, 2.24) is 4.98 Å². The Morgan fingerprint density at radius 2 is 1.26 bits per heavy atom. The van der Waals surface area contributed by atoms with Crippen LogP contribution in [0.1, 0.15) is 11.1 Å². The molecule has 0 unspecified atom stereocenters. The summed E-state index contributed by atoms with van der Waals surface area (Å²) in [5.41, 5.74) is 13.8. The zero-order chi connectivity index (χ0) is 16.0. The molecular formula is C21H18N2. The lowest BCUT2D eigenvalue weighted by Crippen LogP contribution is -1.96. The molecule has 0 saturated carbocycles. The van der Waals surface area contributed by atoms with E-state index in [-0.39, 0.29) is 0 Å². The molecule has 23 heavy (non-hydrogen) atoms. The molecule has 0 aliphatic rings. The predicted octanol–water partition coefficient (Wildman–Crippen LogP) is 5.25. The number of para-hydroxylation sites is 2. The van der Waals surface area contributed by atoms with Crippen LogP contribution >= 0.6 is 0 Å². The van der Waals surface area contributed by atoms with Crippen LogP contribution in [0.4, 0.5) is 5.69 Å². The molecule has 0 atom stereocenters. The van der Waals surface area contributed by atoms with Gasteiger partial charge in [0.2, 0.25) is 0 Å². The molecule has 2 heteroatoms. The lowest BCUT2D eigenvalue weighted by Gasteiger charge is -2.16. The molecular weight excluding hydrogens is 280 g/mol. The Labute approximate surface area is 135 Å². The molecule has 0 fully saturated rings. The number of aromatic nitrogens is 1. The van der Waals surface area contributed by atoms with Gasteiger partial charge in [-0.2, -0.15) is 0 Å². The monoisotopic (exact) mass is 298 g/mol. The predicted molar refractivity (Wildman–Crippen MR) is 98.6 cm³/mol. The quantitative estimate of drug-likeness (QED) is 0.385. The molecule has 1 aromatic heterocycles. The summed E-state index contributed by atoms with van der Waals surface area (Å²) in [5, 5.41) is 2.36. The van der Waals surface area contributed by atoms with Crippen molar-refractivity contribution in [2.24, 2.45) is 0 Å². The summed E-state index contributed by atoms with van der Waals surface area (Å²) >= 11 is 0. The highest BCUT2D eigenvalue weighted by atomic mass is 14.7. The number of hydrogen-bond acceptors (Lipinski definition) is 2.